The standard InChI is InChI=1S/C22H23N3O4S2/c1-25(2)31(27,28)20-12-13-22(23-14-20)30-16-21(26)24-18-8-10-19(11-9-18)29-15-17-6-4-3-5-7-17/h3-14H,15-16H2,1-2H3,(H,24,26). The number of sulfonamides is 1. The van der Waals surface area contributed by atoms with Crippen LogP contribution in [0, 0.1) is 0 Å². The van der Waals surface area contributed by atoms with Gasteiger partial charge < -0.3 is 10.1 Å². The van der Waals surface area contributed by atoms with E-state index in [-0.39, 0.29) is 16.6 Å². The van der Waals surface area contributed by atoms with Gasteiger partial charge >= 0.3 is 0 Å². The van der Waals surface area contributed by atoms with E-state index in [2.05, 4.69) is 10.3 Å². The molecule has 0 radical (unpaired) electrons. The Labute approximate surface area is 186 Å². The molecule has 162 valence electrons. The molecule has 0 spiro atoms. The monoisotopic (exact) mass is 457 g/mol. The number of nitrogens with one attached hydrogen (secondary N) is 1. The number of rotatable bonds is 9. The average molecular weight is 458 g/mol. The smallest absolute Gasteiger partial charge is 0.244 e. The molecule has 1 aromatic heterocycles. The Bertz CT molecular complexity index is 1100. The highest BCUT2D eigenvalue weighted by Gasteiger charge is 2.17. The van der Waals surface area contributed by atoms with Crippen LogP contribution in [-0.4, -0.2) is 43.5 Å². The summed E-state index contributed by atoms with van der Waals surface area (Å²) in [6.07, 6.45) is 1.30. The molecule has 0 atom stereocenters. The van der Waals surface area contributed by atoms with Crippen LogP contribution in [0.15, 0.2) is 82.8 Å². The lowest BCUT2D eigenvalue weighted by atomic mass is 10.2. The molecule has 0 fully saturated rings. The zero-order valence-electron chi connectivity index (χ0n) is 17.2. The summed E-state index contributed by atoms with van der Waals surface area (Å²) in [5.41, 5.74) is 1.75. The topological polar surface area (TPSA) is 88.6 Å². The van der Waals surface area contributed by atoms with Gasteiger partial charge in [-0.05, 0) is 42.0 Å². The second kappa shape index (κ2) is 10.4. The van der Waals surface area contributed by atoms with E-state index in [9.17, 15) is 13.2 Å². The van der Waals surface area contributed by atoms with Crippen LogP contribution in [0.1, 0.15) is 5.56 Å². The summed E-state index contributed by atoms with van der Waals surface area (Å²) in [5.74, 6) is 0.682. The van der Waals surface area contributed by atoms with Gasteiger partial charge in [0, 0.05) is 26.0 Å². The van der Waals surface area contributed by atoms with Crippen LogP contribution in [0.5, 0.6) is 5.75 Å². The number of carbonyl (C=O) groups is 1. The SMILES string of the molecule is CN(C)S(=O)(=O)c1ccc(SCC(=O)Nc2ccc(OCc3ccccc3)cc2)nc1. The van der Waals surface area contributed by atoms with E-state index in [1.54, 1.807) is 30.3 Å². The zero-order chi connectivity index (χ0) is 22.3. The van der Waals surface area contributed by atoms with Crippen LogP contribution in [0.4, 0.5) is 5.69 Å². The maximum Gasteiger partial charge on any atom is 0.244 e. The quantitative estimate of drug-likeness (QED) is 0.494. The van der Waals surface area contributed by atoms with Crippen molar-refractivity contribution < 1.29 is 17.9 Å². The van der Waals surface area contributed by atoms with E-state index in [4.69, 9.17) is 4.74 Å². The Hall–Kier alpha value is -2.88. The number of thioether (sulfide) groups is 1. The number of carbonyl (C=O) groups excluding carboxylic acids is 1. The number of benzene rings is 2. The second-order valence-electron chi connectivity index (χ2n) is 6.76. The summed E-state index contributed by atoms with van der Waals surface area (Å²) < 4.78 is 31.0. The lowest BCUT2D eigenvalue weighted by molar-refractivity contribution is -0.113. The van der Waals surface area contributed by atoms with E-state index in [0.717, 1.165) is 9.87 Å². The van der Waals surface area contributed by atoms with Gasteiger partial charge in [-0.15, -0.1) is 0 Å². The van der Waals surface area contributed by atoms with Gasteiger partial charge in [0.25, 0.3) is 0 Å². The number of nitrogens with zero attached hydrogens (tertiary/aromatic N) is 2. The third kappa shape index (κ3) is 6.55. The molecule has 1 N–H and O–H groups in total. The Morgan fingerprint density at radius 2 is 1.74 bits per heavy atom. The molecule has 7 nitrogen and oxygen atoms in total. The number of aromatic nitrogens is 1. The molecule has 3 aromatic rings. The third-order valence-corrected chi connectivity index (χ3v) is 6.97. The fourth-order valence-corrected chi connectivity index (χ4v) is 4.02. The summed E-state index contributed by atoms with van der Waals surface area (Å²) in [4.78, 5) is 16.4. The Kier molecular flexibility index (Phi) is 7.67. The normalized spacial score (nSPS) is 11.3. The van der Waals surface area contributed by atoms with Crippen molar-refractivity contribution >= 4 is 33.4 Å². The van der Waals surface area contributed by atoms with Gasteiger partial charge in [0.15, 0.2) is 0 Å². The molecule has 9 heteroatoms. The molecule has 0 unspecified atom stereocenters. The predicted octanol–water partition coefficient (Wildman–Crippen LogP) is 3.64. The molecule has 1 heterocycles. The minimum absolute atomic E-state index is 0.112. The zero-order valence-corrected chi connectivity index (χ0v) is 18.8. The van der Waals surface area contributed by atoms with Crippen molar-refractivity contribution in [2.75, 3.05) is 25.2 Å². The van der Waals surface area contributed by atoms with E-state index in [1.807, 2.05) is 30.3 Å². The highest BCUT2D eigenvalue weighted by Crippen LogP contribution is 2.20. The first kappa shape index (κ1) is 22.8. The first-order valence-electron chi connectivity index (χ1n) is 9.42. The van der Waals surface area contributed by atoms with Crippen molar-refractivity contribution in [3.8, 4) is 5.75 Å². The molecule has 0 bridgehead atoms. The molecule has 3 rings (SSSR count). The minimum atomic E-state index is -3.52. The van der Waals surface area contributed by atoms with Crippen LogP contribution in [0.3, 0.4) is 0 Å². The fraction of sp³-hybridized carbons (Fsp3) is 0.182. The number of ether oxygens (including phenoxy) is 1. The minimum Gasteiger partial charge on any atom is -0.489 e. The Morgan fingerprint density at radius 3 is 2.35 bits per heavy atom. The summed E-state index contributed by atoms with van der Waals surface area (Å²) in [7, 11) is -0.592. The summed E-state index contributed by atoms with van der Waals surface area (Å²) in [6.45, 7) is 0.477. The molecule has 0 aliphatic heterocycles. The molecule has 2 aromatic carbocycles. The highest BCUT2D eigenvalue weighted by molar-refractivity contribution is 7.99. The molecule has 0 aliphatic rings. The van der Waals surface area contributed by atoms with Gasteiger partial charge in [0.1, 0.15) is 17.3 Å². The molecular weight excluding hydrogens is 434 g/mol. The van der Waals surface area contributed by atoms with E-state index in [0.29, 0.717) is 23.1 Å². The number of amides is 1. The van der Waals surface area contributed by atoms with Gasteiger partial charge in [-0.25, -0.2) is 17.7 Å². The molecule has 31 heavy (non-hydrogen) atoms. The maximum absolute atomic E-state index is 12.2. The van der Waals surface area contributed by atoms with Crippen molar-refractivity contribution in [2.45, 2.75) is 16.5 Å². The van der Waals surface area contributed by atoms with Crippen molar-refractivity contribution in [1.82, 2.24) is 9.29 Å². The predicted molar refractivity (Wildman–Crippen MR) is 122 cm³/mol. The molecule has 0 aliphatic carbocycles. The van der Waals surface area contributed by atoms with Crippen molar-refractivity contribution in [3.05, 3.63) is 78.5 Å². The van der Waals surface area contributed by atoms with Gasteiger partial charge in [-0.2, -0.15) is 0 Å². The summed E-state index contributed by atoms with van der Waals surface area (Å²) in [6, 6.07) is 20.1. The lowest BCUT2D eigenvalue weighted by Crippen LogP contribution is -2.22. The van der Waals surface area contributed by atoms with Crippen LogP contribution >= 0.6 is 11.8 Å². The van der Waals surface area contributed by atoms with Crippen LogP contribution < -0.4 is 10.1 Å². The maximum atomic E-state index is 12.2. The molecule has 0 saturated heterocycles. The summed E-state index contributed by atoms with van der Waals surface area (Å²) >= 11 is 1.23. The van der Waals surface area contributed by atoms with E-state index < -0.39 is 10.0 Å². The summed E-state index contributed by atoms with van der Waals surface area (Å²) in [5, 5.41) is 3.39. The highest BCUT2D eigenvalue weighted by atomic mass is 32.2. The van der Waals surface area contributed by atoms with Gasteiger partial charge in [0.05, 0.1) is 10.8 Å². The van der Waals surface area contributed by atoms with Crippen LogP contribution in [0.25, 0.3) is 0 Å². The average Bonchev–Trinajstić information content (AvgIpc) is 2.78. The second-order valence-corrected chi connectivity index (χ2v) is 9.90. The van der Waals surface area contributed by atoms with E-state index in [1.165, 1.54) is 38.1 Å². The van der Waals surface area contributed by atoms with Crippen molar-refractivity contribution in [2.24, 2.45) is 0 Å². The van der Waals surface area contributed by atoms with Crippen molar-refractivity contribution in [3.63, 3.8) is 0 Å². The molecule has 0 saturated carbocycles. The van der Waals surface area contributed by atoms with E-state index >= 15 is 0 Å². The third-order valence-electron chi connectivity index (χ3n) is 4.23. The Morgan fingerprint density at radius 1 is 1.03 bits per heavy atom. The number of pyridine rings is 1. The van der Waals surface area contributed by atoms with Crippen LogP contribution in [0.2, 0.25) is 0 Å². The number of anilines is 1. The van der Waals surface area contributed by atoms with Gasteiger partial charge in [-0.3, -0.25) is 4.79 Å². The van der Waals surface area contributed by atoms with Gasteiger partial charge in [0.2, 0.25) is 15.9 Å². The lowest BCUT2D eigenvalue weighted by Gasteiger charge is -2.11. The first-order valence-corrected chi connectivity index (χ1v) is 11.9. The molecule has 1 amide bonds. The number of hydrogen-bond acceptors (Lipinski definition) is 6. The van der Waals surface area contributed by atoms with Crippen molar-refractivity contribution in [1.29, 1.82) is 0 Å². The number of hydrogen-bond donors (Lipinski definition) is 1. The van der Waals surface area contributed by atoms with Gasteiger partial charge in [-0.1, -0.05) is 42.1 Å². The fourth-order valence-electron chi connectivity index (χ4n) is 2.53. The Balaban J connectivity index is 1.47. The largest absolute Gasteiger partial charge is 0.489 e. The molecular formula is C22H23N3O4S2. The first-order chi connectivity index (χ1) is 14.8. The van der Waals surface area contributed by atoms with Crippen LogP contribution in [-0.2, 0) is 21.4 Å².